The molecule has 1 atom stereocenters. The summed E-state index contributed by atoms with van der Waals surface area (Å²) in [5.74, 6) is -1.74. The third-order valence-corrected chi connectivity index (χ3v) is 5.24. The highest BCUT2D eigenvalue weighted by Crippen LogP contribution is 2.19. The summed E-state index contributed by atoms with van der Waals surface area (Å²) in [6.07, 6.45) is 30.2. The molecule has 0 fully saturated rings. The molecule has 1 N–H and O–H groups in total. The van der Waals surface area contributed by atoms with Crippen molar-refractivity contribution in [1.82, 2.24) is 0 Å². The zero-order chi connectivity index (χ0) is 26.3. The maximum atomic E-state index is 12.3. The fourth-order valence-electron chi connectivity index (χ4n) is 3.22. The van der Waals surface area contributed by atoms with Crippen LogP contribution in [-0.4, -0.2) is 23.1 Å². The molecule has 0 aliphatic rings. The minimum atomic E-state index is -1.15. The smallest absolute Gasteiger partial charge is 0.352 e. The number of carboxylic acids is 1. The summed E-state index contributed by atoms with van der Waals surface area (Å²) in [5, 5.41) is 9.21. The zero-order valence-electron chi connectivity index (χ0n) is 21.8. The van der Waals surface area contributed by atoms with Crippen molar-refractivity contribution in [3.63, 3.8) is 0 Å². The molecule has 1 unspecified atom stereocenters. The number of aromatic carboxylic acids is 1. The number of hydrogen-bond donors (Lipinski definition) is 1. The minimum Gasteiger partial charge on any atom is -0.487 e. The molecule has 196 valence electrons. The van der Waals surface area contributed by atoms with E-state index in [1.807, 2.05) is 13.0 Å². The highest BCUT2D eigenvalue weighted by atomic mass is 16.6. The Morgan fingerprint density at radius 3 is 2.00 bits per heavy atom. The van der Waals surface area contributed by atoms with E-state index in [1.54, 1.807) is 12.1 Å². The normalized spacial score (nSPS) is 12.9. The standard InChI is InChI=1S/C31H42O5/c1-3-5-6-7-8-9-10-11-12-13-14-15-16-17-18-19-20-23-26-35-28(4-2)31(34)36-29-25-22-21-24-27(29)30(32)33/h5-6,8-9,14-15,17-18,21-26,28H,3-4,7,10-13,16,19-20H2,1-2H3,(H,32,33). The van der Waals surface area contributed by atoms with Crippen LogP contribution in [-0.2, 0) is 9.53 Å². The van der Waals surface area contributed by atoms with Crippen molar-refractivity contribution in [1.29, 1.82) is 0 Å². The van der Waals surface area contributed by atoms with E-state index in [2.05, 4.69) is 55.5 Å². The second-order valence-electron chi connectivity index (χ2n) is 8.25. The van der Waals surface area contributed by atoms with E-state index in [0.29, 0.717) is 6.42 Å². The van der Waals surface area contributed by atoms with Crippen molar-refractivity contribution >= 4 is 11.9 Å². The Kier molecular flexibility index (Phi) is 17.9. The van der Waals surface area contributed by atoms with Gasteiger partial charge in [0.2, 0.25) is 0 Å². The van der Waals surface area contributed by atoms with E-state index in [1.165, 1.54) is 31.2 Å². The largest absolute Gasteiger partial charge is 0.487 e. The van der Waals surface area contributed by atoms with Crippen molar-refractivity contribution in [2.75, 3.05) is 0 Å². The molecule has 0 spiro atoms. The van der Waals surface area contributed by atoms with Gasteiger partial charge in [-0.1, -0.05) is 74.6 Å². The maximum absolute atomic E-state index is 12.3. The first kappa shape index (κ1) is 30.7. The van der Waals surface area contributed by atoms with Crippen LogP contribution >= 0.6 is 0 Å². The molecule has 0 amide bonds. The average Bonchev–Trinajstić information content (AvgIpc) is 2.87. The molecular formula is C31H42O5. The molecule has 0 radical (unpaired) electrons. The first-order valence-electron chi connectivity index (χ1n) is 13.0. The van der Waals surface area contributed by atoms with Gasteiger partial charge in [-0.05, 0) is 82.4 Å². The number of carbonyl (C=O) groups is 2. The summed E-state index contributed by atoms with van der Waals surface area (Å²) in [5.41, 5.74) is -0.0585. The quantitative estimate of drug-likeness (QED) is 0.0687. The Morgan fingerprint density at radius 1 is 0.806 bits per heavy atom. The van der Waals surface area contributed by atoms with Crippen LogP contribution in [0.3, 0.4) is 0 Å². The molecule has 1 aromatic rings. The molecule has 5 heteroatoms. The molecule has 5 nitrogen and oxygen atoms in total. The van der Waals surface area contributed by atoms with E-state index < -0.39 is 18.0 Å². The van der Waals surface area contributed by atoms with Crippen LogP contribution < -0.4 is 4.74 Å². The molecule has 36 heavy (non-hydrogen) atoms. The molecule has 0 saturated heterocycles. The van der Waals surface area contributed by atoms with Crippen LogP contribution in [0, 0.1) is 0 Å². The highest BCUT2D eigenvalue weighted by molar-refractivity contribution is 5.92. The van der Waals surface area contributed by atoms with E-state index in [9.17, 15) is 14.7 Å². The number of ether oxygens (including phenoxy) is 2. The number of rotatable bonds is 19. The molecule has 0 aliphatic carbocycles. The highest BCUT2D eigenvalue weighted by Gasteiger charge is 2.21. The van der Waals surface area contributed by atoms with E-state index in [-0.39, 0.29) is 11.3 Å². The summed E-state index contributed by atoms with van der Waals surface area (Å²) < 4.78 is 10.8. The minimum absolute atomic E-state index is 0.0170. The number of esters is 1. The summed E-state index contributed by atoms with van der Waals surface area (Å²) in [7, 11) is 0. The van der Waals surface area contributed by atoms with Crippen molar-refractivity contribution in [3.05, 3.63) is 90.8 Å². The molecule has 0 bridgehead atoms. The van der Waals surface area contributed by atoms with Gasteiger partial charge in [-0.25, -0.2) is 9.59 Å². The van der Waals surface area contributed by atoms with Gasteiger partial charge in [0.15, 0.2) is 6.10 Å². The van der Waals surface area contributed by atoms with E-state index in [4.69, 9.17) is 9.47 Å². The van der Waals surface area contributed by atoms with Crippen molar-refractivity contribution in [3.8, 4) is 5.75 Å². The van der Waals surface area contributed by atoms with Crippen LogP contribution in [0.1, 0.15) is 88.4 Å². The molecule has 0 heterocycles. The molecule has 0 saturated carbocycles. The Morgan fingerprint density at radius 2 is 1.39 bits per heavy atom. The molecule has 0 aliphatic heterocycles. The lowest BCUT2D eigenvalue weighted by Crippen LogP contribution is -2.27. The second-order valence-corrected chi connectivity index (χ2v) is 8.25. The predicted octanol–water partition coefficient (Wildman–Crippen LogP) is 8.35. The predicted molar refractivity (Wildman–Crippen MR) is 147 cm³/mol. The summed E-state index contributed by atoms with van der Waals surface area (Å²) in [4.78, 5) is 23.6. The monoisotopic (exact) mass is 494 g/mol. The van der Waals surface area contributed by atoms with Crippen LogP contribution in [0.4, 0.5) is 0 Å². The molecule has 1 aromatic carbocycles. The van der Waals surface area contributed by atoms with Gasteiger partial charge in [0.25, 0.3) is 0 Å². The van der Waals surface area contributed by atoms with Crippen LogP contribution in [0.25, 0.3) is 0 Å². The maximum Gasteiger partial charge on any atom is 0.352 e. The molecule has 0 aromatic heterocycles. The summed E-state index contributed by atoms with van der Waals surface area (Å²) >= 11 is 0. The van der Waals surface area contributed by atoms with Gasteiger partial charge < -0.3 is 14.6 Å². The van der Waals surface area contributed by atoms with Gasteiger partial charge in [-0.15, -0.1) is 0 Å². The zero-order valence-corrected chi connectivity index (χ0v) is 21.8. The Bertz CT molecular complexity index is 892. The number of unbranched alkanes of at least 4 members (excludes halogenated alkanes) is 4. The van der Waals surface area contributed by atoms with Crippen LogP contribution in [0.5, 0.6) is 5.75 Å². The lowest BCUT2D eigenvalue weighted by atomic mass is 10.1. The Labute approximate surface area is 216 Å². The van der Waals surface area contributed by atoms with Gasteiger partial charge in [0.05, 0.1) is 6.26 Å². The summed E-state index contributed by atoms with van der Waals surface area (Å²) in [6, 6.07) is 6.05. The van der Waals surface area contributed by atoms with Crippen LogP contribution in [0.15, 0.2) is 85.2 Å². The van der Waals surface area contributed by atoms with Gasteiger partial charge in [0.1, 0.15) is 11.3 Å². The third-order valence-electron chi connectivity index (χ3n) is 5.24. The van der Waals surface area contributed by atoms with Crippen molar-refractivity contribution < 1.29 is 24.2 Å². The SMILES string of the molecule is CCC=CCC=CCCCCC=CCC=CCCC=COC(CC)C(=O)Oc1ccccc1C(=O)O. The van der Waals surface area contributed by atoms with E-state index >= 15 is 0 Å². The number of allylic oxidation sites excluding steroid dienone is 9. The average molecular weight is 495 g/mol. The van der Waals surface area contributed by atoms with Gasteiger partial charge in [-0.3, -0.25) is 0 Å². The number of carbonyl (C=O) groups excluding carboxylic acids is 1. The first-order chi connectivity index (χ1) is 17.6. The lowest BCUT2D eigenvalue weighted by molar-refractivity contribution is -0.144. The van der Waals surface area contributed by atoms with Gasteiger partial charge in [0, 0.05) is 0 Å². The topological polar surface area (TPSA) is 72.8 Å². The molecule has 1 rings (SSSR count). The lowest BCUT2D eigenvalue weighted by Gasteiger charge is -2.14. The fraction of sp³-hybridized carbons (Fsp3) is 0.419. The van der Waals surface area contributed by atoms with Gasteiger partial charge >= 0.3 is 11.9 Å². The second kappa shape index (κ2) is 21.0. The van der Waals surface area contributed by atoms with Gasteiger partial charge in [-0.2, -0.15) is 0 Å². The Balaban J connectivity index is 2.15. The molecular weight excluding hydrogens is 452 g/mol. The summed E-state index contributed by atoms with van der Waals surface area (Å²) in [6.45, 7) is 3.96. The number of hydrogen-bond acceptors (Lipinski definition) is 4. The first-order valence-corrected chi connectivity index (χ1v) is 13.0. The third kappa shape index (κ3) is 14.8. The Hall–Kier alpha value is -3.34. The number of para-hydroxylation sites is 1. The number of benzene rings is 1. The van der Waals surface area contributed by atoms with Crippen LogP contribution in [0.2, 0.25) is 0 Å². The number of carboxylic acid groups (broad SMARTS) is 1. The van der Waals surface area contributed by atoms with Crippen molar-refractivity contribution in [2.24, 2.45) is 0 Å². The fourth-order valence-corrected chi connectivity index (χ4v) is 3.22. The van der Waals surface area contributed by atoms with Crippen molar-refractivity contribution in [2.45, 2.75) is 84.2 Å². The van der Waals surface area contributed by atoms with E-state index in [0.717, 1.165) is 44.9 Å².